The molecule has 1 aliphatic rings. The summed E-state index contributed by atoms with van der Waals surface area (Å²) in [5, 5.41) is 24.7. The number of rotatable bonds is 7. The van der Waals surface area contributed by atoms with Crippen LogP contribution < -0.4 is 5.32 Å². The average Bonchev–Trinajstić information content (AvgIpc) is 3.07. The summed E-state index contributed by atoms with van der Waals surface area (Å²) in [5.41, 5.74) is 2.98. The molecule has 0 radical (unpaired) electrons. The quantitative estimate of drug-likeness (QED) is 0.542. The minimum absolute atomic E-state index is 0.0438. The highest BCUT2D eigenvalue weighted by Gasteiger charge is 2.42. The lowest BCUT2D eigenvalue weighted by atomic mass is 9.88. The fourth-order valence-electron chi connectivity index (χ4n) is 4.35. The molecule has 0 saturated heterocycles. The third-order valence-electron chi connectivity index (χ3n) is 5.91. The predicted octanol–water partition coefficient (Wildman–Crippen LogP) is 3.49. The maximum absolute atomic E-state index is 10.5. The number of aliphatic hydroxyl groups excluding tert-OH is 2. The molecule has 1 aromatic heterocycles. The fourth-order valence-corrected chi connectivity index (χ4v) is 4.57. The molecule has 1 heterocycles. The summed E-state index contributed by atoms with van der Waals surface area (Å²) in [5.74, 6) is 0.579. The topological polar surface area (TPSA) is 78.3 Å². The van der Waals surface area contributed by atoms with Crippen LogP contribution in [0.25, 0.3) is 11.4 Å². The van der Waals surface area contributed by atoms with Gasteiger partial charge in [-0.05, 0) is 42.5 Å². The summed E-state index contributed by atoms with van der Waals surface area (Å²) in [6.45, 7) is 0.615. The Morgan fingerprint density at radius 3 is 2.63 bits per heavy atom. The van der Waals surface area contributed by atoms with E-state index >= 15 is 0 Å². The van der Waals surface area contributed by atoms with Gasteiger partial charge in [0.05, 0.1) is 6.10 Å². The maximum atomic E-state index is 10.5. The highest BCUT2D eigenvalue weighted by atomic mass is 35.5. The minimum Gasteiger partial charge on any atom is -0.396 e. The molecule has 1 saturated carbocycles. The Morgan fingerprint density at radius 1 is 1.03 bits per heavy atom. The van der Waals surface area contributed by atoms with Gasteiger partial charge in [0.2, 0.25) is 0 Å². The van der Waals surface area contributed by atoms with Gasteiger partial charge in [-0.1, -0.05) is 54.1 Å². The molecule has 3 aromatic rings. The van der Waals surface area contributed by atoms with E-state index in [0.717, 1.165) is 16.8 Å². The molecule has 4 rings (SSSR count). The summed E-state index contributed by atoms with van der Waals surface area (Å²) < 4.78 is 0. The van der Waals surface area contributed by atoms with E-state index in [2.05, 4.69) is 10.3 Å². The lowest BCUT2D eigenvalue weighted by Gasteiger charge is -2.25. The van der Waals surface area contributed by atoms with Crippen LogP contribution in [-0.4, -0.2) is 38.9 Å². The Morgan fingerprint density at radius 2 is 1.87 bits per heavy atom. The maximum Gasteiger partial charge on any atom is 0.159 e. The van der Waals surface area contributed by atoms with Crippen LogP contribution in [0.2, 0.25) is 5.02 Å². The van der Waals surface area contributed by atoms with Crippen LogP contribution in [0.3, 0.4) is 0 Å². The summed E-state index contributed by atoms with van der Waals surface area (Å²) in [4.78, 5) is 9.15. The summed E-state index contributed by atoms with van der Waals surface area (Å²) >= 11 is 6.10. The van der Waals surface area contributed by atoms with E-state index in [-0.39, 0.29) is 24.5 Å². The van der Waals surface area contributed by atoms with Crippen molar-refractivity contribution < 1.29 is 10.2 Å². The molecule has 1 aliphatic carbocycles. The first kappa shape index (κ1) is 20.9. The van der Waals surface area contributed by atoms with Gasteiger partial charge >= 0.3 is 0 Å². The van der Waals surface area contributed by atoms with Crippen molar-refractivity contribution >= 4 is 11.6 Å². The molecule has 0 unspecified atom stereocenters. The molecular weight excluding hydrogens is 398 g/mol. The van der Waals surface area contributed by atoms with Crippen LogP contribution in [0.1, 0.15) is 17.7 Å². The van der Waals surface area contributed by atoms with Crippen molar-refractivity contribution in [3.05, 3.63) is 83.1 Å². The summed E-state index contributed by atoms with van der Waals surface area (Å²) in [7, 11) is 0. The lowest BCUT2D eigenvalue weighted by molar-refractivity contribution is 0.0716. The molecule has 1 fully saturated rings. The number of aromatic nitrogens is 2. The van der Waals surface area contributed by atoms with E-state index < -0.39 is 6.10 Å². The number of nitrogens with one attached hydrogen (secondary N) is 1. The Labute approximate surface area is 181 Å². The van der Waals surface area contributed by atoms with Crippen LogP contribution in [0, 0.1) is 11.8 Å². The number of nitrogens with zero attached hydrogens (tertiary/aromatic N) is 2. The second-order valence-electron chi connectivity index (χ2n) is 7.87. The molecule has 4 atom stereocenters. The van der Waals surface area contributed by atoms with E-state index in [4.69, 9.17) is 16.6 Å². The number of halogens is 1. The van der Waals surface area contributed by atoms with Gasteiger partial charge in [0.15, 0.2) is 5.82 Å². The van der Waals surface area contributed by atoms with Gasteiger partial charge < -0.3 is 15.5 Å². The average molecular weight is 424 g/mol. The summed E-state index contributed by atoms with van der Waals surface area (Å²) in [6.07, 6.45) is 2.51. The van der Waals surface area contributed by atoms with Gasteiger partial charge in [-0.2, -0.15) is 0 Å². The van der Waals surface area contributed by atoms with Gasteiger partial charge in [0.1, 0.15) is 0 Å². The smallest absolute Gasteiger partial charge is 0.159 e. The number of aliphatic hydroxyl groups is 2. The SMILES string of the molecule is OC[C@@H]1[C@@H](Cc2ccnc(-c3ccccc3)n2)[C@H](NCc2cccc(Cl)c2)C[C@H]1O. The third kappa shape index (κ3) is 4.87. The minimum atomic E-state index is -0.535. The normalized spacial score (nSPS) is 23.6. The van der Waals surface area contributed by atoms with Gasteiger partial charge in [0.25, 0.3) is 0 Å². The Bertz CT molecular complexity index is 969. The van der Waals surface area contributed by atoms with Crippen molar-refractivity contribution in [2.24, 2.45) is 11.8 Å². The number of benzene rings is 2. The summed E-state index contributed by atoms with van der Waals surface area (Å²) in [6, 6.07) is 19.6. The van der Waals surface area contributed by atoms with Crippen molar-refractivity contribution in [3.8, 4) is 11.4 Å². The molecule has 5 nitrogen and oxygen atoms in total. The van der Waals surface area contributed by atoms with Crippen molar-refractivity contribution in [2.45, 2.75) is 31.5 Å². The standard InChI is InChI=1S/C24H26ClN3O2/c25-18-8-4-5-16(11-18)14-27-22-13-23(30)21(15-29)20(22)12-19-9-10-26-24(28-19)17-6-2-1-3-7-17/h1-11,20-23,27,29-30H,12-15H2/t20-,21-,22-,23-/m1/s1. The van der Waals surface area contributed by atoms with Crippen LogP contribution >= 0.6 is 11.6 Å². The molecule has 0 aliphatic heterocycles. The molecule has 30 heavy (non-hydrogen) atoms. The van der Waals surface area contributed by atoms with Crippen LogP contribution in [0.5, 0.6) is 0 Å². The Balaban J connectivity index is 1.51. The first-order valence-corrected chi connectivity index (χ1v) is 10.7. The monoisotopic (exact) mass is 423 g/mol. The lowest BCUT2D eigenvalue weighted by Crippen LogP contribution is -2.36. The zero-order valence-electron chi connectivity index (χ0n) is 16.7. The largest absolute Gasteiger partial charge is 0.396 e. The highest BCUT2D eigenvalue weighted by Crippen LogP contribution is 2.35. The van der Waals surface area contributed by atoms with Crippen LogP contribution in [0.4, 0.5) is 0 Å². The van der Waals surface area contributed by atoms with Crippen molar-refractivity contribution in [1.29, 1.82) is 0 Å². The predicted molar refractivity (Wildman–Crippen MR) is 118 cm³/mol. The molecule has 0 amide bonds. The van der Waals surface area contributed by atoms with E-state index in [1.54, 1.807) is 6.20 Å². The molecule has 0 spiro atoms. The van der Waals surface area contributed by atoms with Crippen LogP contribution in [0.15, 0.2) is 66.9 Å². The first-order valence-electron chi connectivity index (χ1n) is 10.3. The molecule has 6 heteroatoms. The molecule has 156 valence electrons. The van der Waals surface area contributed by atoms with Crippen molar-refractivity contribution in [2.75, 3.05) is 6.61 Å². The van der Waals surface area contributed by atoms with Gasteiger partial charge in [-0.15, -0.1) is 0 Å². The van der Waals surface area contributed by atoms with E-state index in [9.17, 15) is 10.2 Å². The zero-order chi connectivity index (χ0) is 20.9. The molecular formula is C24H26ClN3O2. The van der Waals surface area contributed by atoms with Gasteiger partial charge in [-0.25, -0.2) is 9.97 Å². The second kappa shape index (κ2) is 9.67. The molecule has 2 aromatic carbocycles. The van der Waals surface area contributed by atoms with E-state index in [1.165, 1.54) is 0 Å². The van der Waals surface area contributed by atoms with Crippen molar-refractivity contribution in [1.82, 2.24) is 15.3 Å². The van der Waals surface area contributed by atoms with Crippen molar-refractivity contribution in [3.63, 3.8) is 0 Å². The Kier molecular flexibility index (Phi) is 6.75. The van der Waals surface area contributed by atoms with Gasteiger partial charge in [0, 0.05) is 47.6 Å². The third-order valence-corrected chi connectivity index (χ3v) is 6.15. The van der Waals surface area contributed by atoms with Gasteiger partial charge in [-0.3, -0.25) is 0 Å². The zero-order valence-corrected chi connectivity index (χ0v) is 17.4. The number of hydrogen-bond donors (Lipinski definition) is 3. The molecule has 0 bridgehead atoms. The molecule has 3 N–H and O–H groups in total. The number of hydrogen-bond acceptors (Lipinski definition) is 5. The fraction of sp³-hybridized carbons (Fsp3) is 0.333. The van der Waals surface area contributed by atoms with E-state index in [1.807, 2.05) is 60.7 Å². The highest BCUT2D eigenvalue weighted by molar-refractivity contribution is 6.30. The van der Waals surface area contributed by atoms with Crippen LogP contribution in [-0.2, 0) is 13.0 Å². The Hall–Kier alpha value is -2.31. The second-order valence-corrected chi connectivity index (χ2v) is 8.31. The van der Waals surface area contributed by atoms with E-state index in [0.29, 0.717) is 30.2 Å². The first-order chi connectivity index (χ1) is 14.6.